The Morgan fingerprint density at radius 1 is 1.50 bits per heavy atom. The van der Waals surface area contributed by atoms with Gasteiger partial charge in [0.15, 0.2) is 0 Å². The lowest BCUT2D eigenvalue weighted by atomic mass is 10.0. The van der Waals surface area contributed by atoms with Crippen molar-refractivity contribution in [3.63, 3.8) is 0 Å². The van der Waals surface area contributed by atoms with E-state index in [1.54, 1.807) is 11.3 Å². The van der Waals surface area contributed by atoms with Crippen LogP contribution in [0.3, 0.4) is 0 Å². The minimum absolute atomic E-state index is 0.399. The minimum Gasteiger partial charge on any atom is -0.147 e. The van der Waals surface area contributed by atoms with E-state index < -0.39 is 0 Å². The molecule has 0 nitrogen and oxygen atoms in total. The van der Waals surface area contributed by atoms with Crippen LogP contribution in [0.15, 0.2) is 11.4 Å². The number of thiophene rings is 1. The Kier molecular flexibility index (Phi) is 2.37. The molecule has 1 heterocycles. The number of hydrogen-bond donors (Lipinski definition) is 0. The summed E-state index contributed by atoms with van der Waals surface area (Å²) in [5, 5.41) is 2.96. The Bertz CT molecular complexity index is 276. The summed E-state index contributed by atoms with van der Waals surface area (Å²) in [6.45, 7) is 0. The van der Waals surface area contributed by atoms with Crippen molar-refractivity contribution < 1.29 is 0 Å². The first kappa shape index (κ1) is 8.86. The molecule has 0 spiro atoms. The van der Waals surface area contributed by atoms with Crippen LogP contribution in [0.25, 0.3) is 0 Å². The van der Waals surface area contributed by atoms with Crippen LogP contribution < -0.4 is 0 Å². The van der Waals surface area contributed by atoms with E-state index in [0.29, 0.717) is 5.41 Å². The summed E-state index contributed by atoms with van der Waals surface area (Å²) >= 11 is 13.6. The van der Waals surface area contributed by atoms with Crippen LogP contribution in [0.4, 0.5) is 0 Å². The third-order valence-corrected chi connectivity index (χ3v) is 4.42. The third kappa shape index (κ3) is 1.63. The molecule has 1 aliphatic carbocycles. The maximum absolute atomic E-state index is 6.00. The summed E-state index contributed by atoms with van der Waals surface area (Å²) < 4.78 is 0. The van der Waals surface area contributed by atoms with E-state index in [2.05, 4.69) is 0 Å². The van der Waals surface area contributed by atoms with Gasteiger partial charge in [0.05, 0.1) is 5.02 Å². The molecule has 0 aromatic carbocycles. The molecule has 0 atom stereocenters. The Balaban J connectivity index is 2.08. The molecule has 1 saturated carbocycles. The fraction of sp³-hybridized carbons (Fsp3) is 0.556. The molecule has 3 heteroatoms. The van der Waals surface area contributed by atoms with Crippen molar-refractivity contribution in [2.45, 2.75) is 19.3 Å². The van der Waals surface area contributed by atoms with Gasteiger partial charge in [0.1, 0.15) is 0 Å². The summed E-state index contributed by atoms with van der Waals surface area (Å²) in [5.74, 6) is 0.779. The molecule has 1 aromatic heterocycles. The van der Waals surface area contributed by atoms with E-state index in [4.69, 9.17) is 23.2 Å². The van der Waals surface area contributed by atoms with Gasteiger partial charge in [0.2, 0.25) is 0 Å². The second-order valence-electron chi connectivity index (χ2n) is 3.50. The highest BCUT2D eigenvalue weighted by atomic mass is 35.5. The van der Waals surface area contributed by atoms with Crippen LogP contribution >= 0.6 is 34.5 Å². The van der Waals surface area contributed by atoms with Crippen LogP contribution in [-0.2, 0) is 6.42 Å². The molecule has 0 radical (unpaired) electrons. The van der Waals surface area contributed by atoms with Crippen molar-refractivity contribution in [2.75, 3.05) is 5.88 Å². The van der Waals surface area contributed by atoms with E-state index >= 15 is 0 Å². The van der Waals surface area contributed by atoms with Crippen molar-refractivity contribution in [3.05, 3.63) is 21.3 Å². The maximum atomic E-state index is 6.00. The van der Waals surface area contributed by atoms with Crippen molar-refractivity contribution in [3.8, 4) is 0 Å². The van der Waals surface area contributed by atoms with Crippen molar-refractivity contribution >= 4 is 34.5 Å². The fourth-order valence-corrected chi connectivity index (χ4v) is 2.96. The van der Waals surface area contributed by atoms with E-state index in [9.17, 15) is 0 Å². The van der Waals surface area contributed by atoms with Gasteiger partial charge in [-0.2, -0.15) is 0 Å². The highest BCUT2D eigenvalue weighted by Crippen LogP contribution is 2.50. The van der Waals surface area contributed by atoms with E-state index in [0.717, 1.165) is 17.3 Å². The Morgan fingerprint density at radius 3 is 2.67 bits per heavy atom. The molecule has 0 amide bonds. The largest absolute Gasteiger partial charge is 0.147 e. The van der Waals surface area contributed by atoms with Gasteiger partial charge in [0.25, 0.3) is 0 Å². The topological polar surface area (TPSA) is 0 Å². The Morgan fingerprint density at radius 2 is 2.25 bits per heavy atom. The highest BCUT2D eigenvalue weighted by molar-refractivity contribution is 7.10. The molecular formula is C9H10Cl2S. The molecule has 1 aliphatic rings. The number of rotatable bonds is 3. The highest BCUT2D eigenvalue weighted by Gasteiger charge is 2.42. The van der Waals surface area contributed by atoms with Crippen LogP contribution in [0.1, 0.15) is 17.7 Å². The smallest absolute Gasteiger partial charge is 0.0545 e. The molecule has 1 aromatic rings. The van der Waals surface area contributed by atoms with Gasteiger partial charge in [-0.15, -0.1) is 22.9 Å². The van der Waals surface area contributed by atoms with E-state index in [1.165, 1.54) is 17.7 Å². The van der Waals surface area contributed by atoms with Gasteiger partial charge in [-0.3, -0.25) is 0 Å². The van der Waals surface area contributed by atoms with Gasteiger partial charge in [-0.1, -0.05) is 11.6 Å². The molecule has 66 valence electrons. The van der Waals surface area contributed by atoms with Gasteiger partial charge in [-0.25, -0.2) is 0 Å². The van der Waals surface area contributed by atoms with Gasteiger partial charge in [0, 0.05) is 10.8 Å². The molecule has 2 rings (SSSR count). The summed E-state index contributed by atoms with van der Waals surface area (Å²) in [6, 6.07) is 1.96. The van der Waals surface area contributed by atoms with Gasteiger partial charge < -0.3 is 0 Å². The van der Waals surface area contributed by atoms with Crippen LogP contribution in [0, 0.1) is 5.41 Å². The van der Waals surface area contributed by atoms with Crippen LogP contribution in [0.5, 0.6) is 0 Å². The molecule has 0 bridgehead atoms. The average Bonchev–Trinajstić information content (AvgIpc) is 2.74. The van der Waals surface area contributed by atoms with Crippen LogP contribution in [-0.4, -0.2) is 5.88 Å². The first-order chi connectivity index (χ1) is 5.76. The third-order valence-electron chi connectivity index (χ3n) is 2.47. The SMILES string of the molecule is ClCC1(Cc2sccc2Cl)CC1. The van der Waals surface area contributed by atoms with Gasteiger partial charge in [-0.05, 0) is 36.1 Å². The molecule has 1 fully saturated rings. The fourth-order valence-electron chi connectivity index (χ4n) is 1.33. The molecular weight excluding hydrogens is 211 g/mol. The zero-order valence-electron chi connectivity index (χ0n) is 6.65. The molecule has 0 N–H and O–H groups in total. The number of alkyl halides is 1. The lowest BCUT2D eigenvalue weighted by molar-refractivity contribution is 0.584. The summed E-state index contributed by atoms with van der Waals surface area (Å²) in [5.41, 5.74) is 0.399. The summed E-state index contributed by atoms with van der Waals surface area (Å²) in [6.07, 6.45) is 3.61. The van der Waals surface area contributed by atoms with E-state index in [1.807, 2.05) is 11.4 Å². The maximum Gasteiger partial charge on any atom is 0.0545 e. The Labute approximate surface area is 86.5 Å². The number of halogens is 2. The Hall–Kier alpha value is 0.280. The monoisotopic (exact) mass is 220 g/mol. The zero-order chi connectivity index (χ0) is 8.60. The number of hydrogen-bond acceptors (Lipinski definition) is 1. The molecule has 0 saturated heterocycles. The van der Waals surface area contributed by atoms with Crippen LogP contribution in [0.2, 0.25) is 5.02 Å². The summed E-state index contributed by atoms with van der Waals surface area (Å²) in [4.78, 5) is 1.30. The molecule has 12 heavy (non-hydrogen) atoms. The second-order valence-corrected chi connectivity index (χ2v) is 5.18. The lowest BCUT2D eigenvalue weighted by Crippen LogP contribution is -2.05. The van der Waals surface area contributed by atoms with Crippen molar-refractivity contribution in [1.82, 2.24) is 0 Å². The quantitative estimate of drug-likeness (QED) is 0.677. The van der Waals surface area contributed by atoms with Crippen molar-refractivity contribution in [2.24, 2.45) is 5.41 Å². The zero-order valence-corrected chi connectivity index (χ0v) is 8.98. The first-order valence-corrected chi connectivity index (χ1v) is 5.83. The first-order valence-electron chi connectivity index (χ1n) is 4.04. The predicted octanol–water partition coefficient (Wildman–Crippen LogP) is 3.96. The standard InChI is InChI=1S/C9H10Cl2S/c10-6-9(2-3-9)5-8-7(11)1-4-12-8/h1,4H,2-3,5-6H2. The van der Waals surface area contributed by atoms with Gasteiger partial charge >= 0.3 is 0 Å². The molecule has 0 aliphatic heterocycles. The van der Waals surface area contributed by atoms with Crippen molar-refractivity contribution in [1.29, 1.82) is 0 Å². The second kappa shape index (κ2) is 3.21. The summed E-state index contributed by atoms with van der Waals surface area (Å²) in [7, 11) is 0. The normalized spacial score (nSPS) is 19.5. The lowest BCUT2D eigenvalue weighted by Gasteiger charge is -2.08. The minimum atomic E-state index is 0.399. The average molecular weight is 221 g/mol. The van der Waals surface area contributed by atoms with E-state index in [-0.39, 0.29) is 0 Å². The molecule has 0 unspecified atom stereocenters. The predicted molar refractivity (Wildman–Crippen MR) is 55.4 cm³/mol.